The van der Waals surface area contributed by atoms with Crippen LogP contribution in [0.1, 0.15) is 5.56 Å². The van der Waals surface area contributed by atoms with Gasteiger partial charge in [-0.25, -0.2) is 0 Å². The Hall–Kier alpha value is -1.37. The van der Waals surface area contributed by atoms with Gasteiger partial charge < -0.3 is 20.1 Å². The summed E-state index contributed by atoms with van der Waals surface area (Å²) in [7, 11) is 1.66. The molecule has 6 heteroatoms. The summed E-state index contributed by atoms with van der Waals surface area (Å²) in [4.78, 5) is 11.5. The molecule has 0 aliphatic heterocycles. The molecule has 1 rings (SSSR count). The average molecular weight is 357 g/mol. The van der Waals surface area contributed by atoms with Gasteiger partial charge in [-0.3, -0.25) is 4.79 Å². The number of methoxy groups -OCH3 is 1. The van der Waals surface area contributed by atoms with Gasteiger partial charge in [-0.15, -0.1) is 6.58 Å². The molecule has 0 spiro atoms. The molecule has 0 fully saturated rings. The van der Waals surface area contributed by atoms with Crippen molar-refractivity contribution < 1.29 is 14.3 Å². The van der Waals surface area contributed by atoms with Gasteiger partial charge in [0.1, 0.15) is 5.75 Å². The fraction of sp³-hybridized carbons (Fsp3) is 0.400. The summed E-state index contributed by atoms with van der Waals surface area (Å²) in [6, 6.07) is 5.70. The van der Waals surface area contributed by atoms with Crippen LogP contribution in [0.2, 0.25) is 0 Å². The van der Waals surface area contributed by atoms with Crippen LogP contribution in [-0.4, -0.2) is 39.3 Å². The van der Waals surface area contributed by atoms with Crippen molar-refractivity contribution in [2.24, 2.45) is 0 Å². The Labute approximate surface area is 133 Å². The molecule has 116 valence electrons. The van der Waals surface area contributed by atoms with Crippen molar-refractivity contribution in [3.8, 4) is 5.75 Å². The van der Waals surface area contributed by atoms with Gasteiger partial charge in [-0.2, -0.15) is 0 Å². The molecule has 0 unspecified atom stereocenters. The molecule has 1 amide bonds. The molecule has 2 N–H and O–H groups in total. The van der Waals surface area contributed by atoms with Crippen molar-refractivity contribution >= 4 is 21.8 Å². The minimum absolute atomic E-state index is 0.0133. The van der Waals surface area contributed by atoms with E-state index in [0.29, 0.717) is 25.4 Å². The molecule has 0 aliphatic carbocycles. The molecule has 0 aromatic heterocycles. The topological polar surface area (TPSA) is 59.6 Å². The van der Waals surface area contributed by atoms with E-state index in [1.54, 1.807) is 13.2 Å². The Balaban J connectivity index is 2.55. The first-order valence-electron chi connectivity index (χ1n) is 6.66. The zero-order valence-corrected chi connectivity index (χ0v) is 13.7. The molecule has 0 heterocycles. The second kappa shape index (κ2) is 10.4. The summed E-state index contributed by atoms with van der Waals surface area (Å²) in [5, 5.41) is 5.92. The summed E-state index contributed by atoms with van der Waals surface area (Å²) >= 11 is 3.43. The molecule has 0 saturated carbocycles. The number of ether oxygens (including phenoxy) is 2. The van der Waals surface area contributed by atoms with Gasteiger partial charge in [0.2, 0.25) is 0 Å². The number of carbonyl (C=O) groups is 1. The molecule has 0 bridgehead atoms. The Bertz CT molecular complexity index is 466. The second-order valence-electron chi connectivity index (χ2n) is 4.30. The summed E-state index contributed by atoms with van der Waals surface area (Å²) < 4.78 is 11.5. The second-order valence-corrected chi connectivity index (χ2v) is 5.22. The van der Waals surface area contributed by atoms with E-state index >= 15 is 0 Å². The first-order chi connectivity index (χ1) is 10.2. The predicted octanol–water partition coefficient (Wildman–Crippen LogP) is 1.87. The lowest BCUT2D eigenvalue weighted by atomic mass is 10.2. The smallest absolute Gasteiger partial charge is 0.258 e. The quantitative estimate of drug-likeness (QED) is 0.496. The van der Waals surface area contributed by atoms with Crippen molar-refractivity contribution in [1.29, 1.82) is 0 Å². The van der Waals surface area contributed by atoms with E-state index in [2.05, 4.69) is 33.1 Å². The highest BCUT2D eigenvalue weighted by Gasteiger charge is 2.07. The lowest BCUT2D eigenvalue weighted by molar-refractivity contribution is -0.122. The van der Waals surface area contributed by atoms with E-state index in [0.717, 1.165) is 16.6 Å². The number of amides is 1. The summed E-state index contributed by atoms with van der Waals surface area (Å²) in [6.45, 7) is 6.01. The van der Waals surface area contributed by atoms with Crippen LogP contribution in [0.4, 0.5) is 0 Å². The number of rotatable bonds is 10. The zero-order chi connectivity index (χ0) is 15.5. The molecular weight excluding hydrogens is 336 g/mol. The first-order valence-corrected chi connectivity index (χ1v) is 7.45. The van der Waals surface area contributed by atoms with Gasteiger partial charge in [-0.05, 0) is 18.2 Å². The van der Waals surface area contributed by atoms with E-state index in [1.807, 2.05) is 18.2 Å². The lowest BCUT2D eigenvalue weighted by Gasteiger charge is -2.12. The highest BCUT2D eigenvalue weighted by molar-refractivity contribution is 9.10. The number of nitrogens with one attached hydrogen (secondary N) is 2. The van der Waals surface area contributed by atoms with E-state index in [1.165, 1.54) is 0 Å². The van der Waals surface area contributed by atoms with Crippen LogP contribution in [0.15, 0.2) is 35.3 Å². The van der Waals surface area contributed by atoms with Gasteiger partial charge in [0.05, 0.1) is 6.61 Å². The standard InChI is InChI=1S/C15H21BrN2O3/c1-3-6-18-15(19)11-21-14-5-4-13(16)9-12(14)10-17-7-8-20-2/h3-5,9,17H,1,6-8,10-11H2,2H3,(H,18,19). The molecule has 5 nitrogen and oxygen atoms in total. The van der Waals surface area contributed by atoms with Crippen LogP contribution >= 0.6 is 15.9 Å². The van der Waals surface area contributed by atoms with Crippen LogP contribution in [0.25, 0.3) is 0 Å². The van der Waals surface area contributed by atoms with Gasteiger partial charge in [0, 0.05) is 36.8 Å². The van der Waals surface area contributed by atoms with Crippen molar-refractivity contribution in [2.45, 2.75) is 6.54 Å². The molecule has 0 aliphatic rings. The van der Waals surface area contributed by atoms with Gasteiger partial charge in [0.25, 0.3) is 5.91 Å². The molecule has 0 saturated heterocycles. The molecular formula is C15H21BrN2O3. The van der Waals surface area contributed by atoms with E-state index in [-0.39, 0.29) is 12.5 Å². The Morgan fingerprint density at radius 3 is 3.00 bits per heavy atom. The lowest BCUT2D eigenvalue weighted by Crippen LogP contribution is -2.29. The third-order valence-electron chi connectivity index (χ3n) is 2.62. The van der Waals surface area contributed by atoms with Gasteiger partial charge in [0.15, 0.2) is 6.61 Å². The SMILES string of the molecule is C=CCNC(=O)COc1ccc(Br)cc1CNCCOC. The highest BCUT2D eigenvalue weighted by atomic mass is 79.9. The first kappa shape index (κ1) is 17.7. The van der Waals surface area contributed by atoms with Crippen LogP contribution in [0.5, 0.6) is 5.75 Å². The molecule has 0 radical (unpaired) electrons. The maximum absolute atomic E-state index is 11.5. The molecule has 1 aromatic rings. The normalized spacial score (nSPS) is 10.2. The van der Waals surface area contributed by atoms with Crippen LogP contribution in [0.3, 0.4) is 0 Å². The minimum atomic E-state index is -0.170. The monoisotopic (exact) mass is 356 g/mol. The van der Waals surface area contributed by atoms with Crippen molar-refractivity contribution in [3.05, 3.63) is 40.9 Å². The number of hydrogen-bond acceptors (Lipinski definition) is 4. The average Bonchev–Trinajstić information content (AvgIpc) is 2.48. The Morgan fingerprint density at radius 2 is 2.29 bits per heavy atom. The number of carbonyl (C=O) groups excluding carboxylic acids is 1. The zero-order valence-electron chi connectivity index (χ0n) is 12.2. The van der Waals surface area contributed by atoms with Crippen LogP contribution < -0.4 is 15.4 Å². The van der Waals surface area contributed by atoms with Crippen molar-refractivity contribution in [3.63, 3.8) is 0 Å². The Kier molecular flexibility index (Phi) is 8.73. The molecule has 0 atom stereocenters. The third-order valence-corrected chi connectivity index (χ3v) is 3.12. The fourth-order valence-corrected chi connectivity index (χ4v) is 2.01. The van der Waals surface area contributed by atoms with E-state index in [4.69, 9.17) is 9.47 Å². The van der Waals surface area contributed by atoms with E-state index in [9.17, 15) is 4.79 Å². The van der Waals surface area contributed by atoms with E-state index < -0.39 is 0 Å². The number of benzene rings is 1. The van der Waals surface area contributed by atoms with Gasteiger partial charge in [-0.1, -0.05) is 22.0 Å². The highest BCUT2D eigenvalue weighted by Crippen LogP contribution is 2.23. The molecule has 1 aromatic carbocycles. The maximum atomic E-state index is 11.5. The largest absolute Gasteiger partial charge is 0.483 e. The Morgan fingerprint density at radius 1 is 1.48 bits per heavy atom. The van der Waals surface area contributed by atoms with Crippen LogP contribution in [-0.2, 0) is 16.1 Å². The number of hydrogen-bond donors (Lipinski definition) is 2. The summed E-state index contributed by atoms with van der Waals surface area (Å²) in [6.07, 6.45) is 1.63. The third kappa shape index (κ3) is 7.27. The minimum Gasteiger partial charge on any atom is -0.483 e. The predicted molar refractivity (Wildman–Crippen MR) is 86.4 cm³/mol. The summed E-state index contributed by atoms with van der Waals surface area (Å²) in [5.74, 6) is 0.521. The van der Waals surface area contributed by atoms with Crippen molar-refractivity contribution in [2.75, 3.05) is 33.4 Å². The van der Waals surface area contributed by atoms with Crippen molar-refractivity contribution in [1.82, 2.24) is 10.6 Å². The van der Waals surface area contributed by atoms with Crippen LogP contribution in [0, 0.1) is 0 Å². The number of halogens is 1. The maximum Gasteiger partial charge on any atom is 0.258 e. The van der Waals surface area contributed by atoms with Gasteiger partial charge >= 0.3 is 0 Å². The fourth-order valence-electron chi connectivity index (χ4n) is 1.60. The summed E-state index contributed by atoms with van der Waals surface area (Å²) in [5.41, 5.74) is 0.983. The molecule has 21 heavy (non-hydrogen) atoms.